The van der Waals surface area contributed by atoms with E-state index in [1.165, 1.54) is 12.1 Å². The number of aryl methyl sites for hydroxylation is 1. The summed E-state index contributed by atoms with van der Waals surface area (Å²) in [5.74, 6) is -0.504. The quantitative estimate of drug-likeness (QED) is 0.430. The fourth-order valence-electron chi connectivity index (χ4n) is 5.54. The van der Waals surface area contributed by atoms with Crippen molar-refractivity contribution in [2.75, 3.05) is 23.4 Å². The van der Waals surface area contributed by atoms with Gasteiger partial charge in [0.25, 0.3) is 6.43 Å². The number of anilines is 2. The topological polar surface area (TPSA) is 67.4 Å². The molecular formula is C28H31F3N4O2. The van der Waals surface area contributed by atoms with E-state index in [0.717, 1.165) is 40.9 Å². The first-order chi connectivity index (χ1) is 17.5. The van der Waals surface area contributed by atoms with Crippen LogP contribution in [0.3, 0.4) is 0 Å². The Labute approximate surface area is 214 Å². The first kappa shape index (κ1) is 25.4. The van der Waals surface area contributed by atoms with Crippen molar-refractivity contribution in [3.8, 4) is 0 Å². The number of nitrogens with one attached hydrogen (secondary N) is 1. The standard InChI is InChI=1S/C28H31F3N4O2/c1-15(17-7-6-8-18(23(17)29)24(30)31)32-25-20-14-22-21(13-19(20)16(2)33-34-25)27(3,4)26(36)35(22)28(5)9-11-37-12-10-28/h6-8,13-15,24H,9-12H2,1-5H3,(H,32,34). The number of benzene rings is 2. The van der Waals surface area contributed by atoms with Crippen LogP contribution in [0.1, 0.15) is 75.4 Å². The zero-order valence-electron chi connectivity index (χ0n) is 21.7. The molecule has 1 atom stereocenters. The number of amides is 1. The third-order valence-corrected chi connectivity index (χ3v) is 7.96. The molecular weight excluding hydrogens is 481 g/mol. The molecule has 2 aliphatic heterocycles. The molecule has 0 spiro atoms. The number of alkyl halides is 2. The molecule has 5 rings (SSSR count). The predicted octanol–water partition coefficient (Wildman–Crippen LogP) is 6.38. The molecule has 0 saturated carbocycles. The molecule has 1 aromatic heterocycles. The summed E-state index contributed by atoms with van der Waals surface area (Å²) in [5.41, 5.74) is 0.804. The fraction of sp³-hybridized carbons (Fsp3) is 0.464. The highest BCUT2D eigenvalue weighted by molar-refractivity contribution is 6.12. The Hall–Kier alpha value is -3.20. The Balaban J connectivity index is 1.62. The van der Waals surface area contributed by atoms with Crippen molar-refractivity contribution in [1.29, 1.82) is 0 Å². The van der Waals surface area contributed by atoms with E-state index >= 15 is 0 Å². The maximum Gasteiger partial charge on any atom is 0.266 e. The van der Waals surface area contributed by atoms with Crippen LogP contribution in [-0.4, -0.2) is 34.9 Å². The molecule has 1 unspecified atom stereocenters. The van der Waals surface area contributed by atoms with Crippen LogP contribution >= 0.6 is 0 Å². The molecule has 3 heterocycles. The number of ether oxygens (including phenoxy) is 1. The van der Waals surface area contributed by atoms with Gasteiger partial charge in [-0.2, -0.15) is 5.10 Å². The van der Waals surface area contributed by atoms with Gasteiger partial charge in [-0.05, 0) is 65.2 Å². The fourth-order valence-corrected chi connectivity index (χ4v) is 5.54. The zero-order valence-corrected chi connectivity index (χ0v) is 21.7. The number of fused-ring (bicyclic) bond motifs is 2. The number of nitrogens with zero attached hydrogens (tertiary/aromatic N) is 3. The van der Waals surface area contributed by atoms with Gasteiger partial charge in [0.2, 0.25) is 5.91 Å². The number of carbonyl (C=O) groups is 1. The highest BCUT2D eigenvalue weighted by Crippen LogP contribution is 2.49. The van der Waals surface area contributed by atoms with Crippen LogP contribution in [0.5, 0.6) is 0 Å². The Morgan fingerprint density at radius 3 is 2.41 bits per heavy atom. The van der Waals surface area contributed by atoms with Gasteiger partial charge in [0.15, 0.2) is 5.82 Å². The lowest BCUT2D eigenvalue weighted by atomic mass is 9.84. The molecule has 37 heavy (non-hydrogen) atoms. The summed E-state index contributed by atoms with van der Waals surface area (Å²) in [4.78, 5) is 15.7. The van der Waals surface area contributed by atoms with Crippen LogP contribution in [0.15, 0.2) is 30.3 Å². The number of halogens is 3. The molecule has 2 aliphatic rings. The van der Waals surface area contributed by atoms with E-state index in [9.17, 15) is 18.0 Å². The molecule has 6 nitrogen and oxygen atoms in total. The van der Waals surface area contributed by atoms with Crippen molar-refractivity contribution in [1.82, 2.24) is 10.2 Å². The van der Waals surface area contributed by atoms with Crippen LogP contribution in [0.2, 0.25) is 0 Å². The zero-order chi connectivity index (χ0) is 26.7. The Bertz CT molecular complexity index is 1390. The highest BCUT2D eigenvalue weighted by atomic mass is 19.3. The van der Waals surface area contributed by atoms with Crippen LogP contribution in [0.4, 0.5) is 24.7 Å². The van der Waals surface area contributed by atoms with E-state index in [2.05, 4.69) is 22.4 Å². The Morgan fingerprint density at radius 1 is 1.05 bits per heavy atom. The normalized spacial score (nSPS) is 19.4. The van der Waals surface area contributed by atoms with E-state index in [1.807, 2.05) is 37.8 Å². The minimum absolute atomic E-state index is 0.0366. The van der Waals surface area contributed by atoms with Gasteiger partial charge in [0.05, 0.1) is 22.7 Å². The van der Waals surface area contributed by atoms with Gasteiger partial charge in [0, 0.05) is 40.8 Å². The number of aromatic nitrogens is 2. The molecule has 2 aromatic carbocycles. The van der Waals surface area contributed by atoms with Crippen LogP contribution in [-0.2, 0) is 14.9 Å². The summed E-state index contributed by atoms with van der Waals surface area (Å²) in [7, 11) is 0. The SMILES string of the molecule is Cc1nnc(NC(C)c2cccc(C(F)F)c2F)c2cc3c(cc12)C(C)(C)C(=O)N3C1(C)CCOCC1. The number of carbonyl (C=O) groups excluding carboxylic acids is 1. The first-order valence-corrected chi connectivity index (χ1v) is 12.5. The average Bonchev–Trinajstić information content (AvgIpc) is 3.05. The first-order valence-electron chi connectivity index (χ1n) is 12.5. The smallest absolute Gasteiger partial charge is 0.266 e. The molecule has 1 fully saturated rings. The average molecular weight is 513 g/mol. The van der Waals surface area contributed by atoms with Gasteiger partial charge in [-0.25, -0.2) is 13.2 Å². The molecule has 0 radical (unpaired) electrons. The minimum atomic E-state index is -2.91. The van der Waals surface area contributed by atoms with Gasteiger partial charge >= 0.3 is 0 Å². The monoisotopic (exact) mass is 512 g/mol. The van der Waals surface area contributed by atoms with Crippen LogP contribution in [0, 0.1) is 12.7 Å². The van der Waals surface area contributed by atoms with Gasteiger partial charge < -0.3 is 15.0 Å². The molecule has 196 valence electrons. The van der Waals surface area contributed by atoms with Crippen LogP contribution in [0.25, 0.3) is 10.8 Å². The van der Waals surface area contributed by atoms with Gasteiger partial charge in [-0.3, -0.25) is 4.79 Å². The van der Waals surface area contributed by atoms with E-state index in [4.69, 9.17) is 4.74 Å². The Kier molecular flexibility index (Phi) is 6.17. The van der Waals surface area contributed by atoms with Gasteiger partial charge in [-0.1, -0.05) is 18.2 Å². The minimum Gasteiger partial charge on any atom is -0.381 e. The second kappa shape index (κ2) is 8.97. The highest BCUT2D eigenvalue weighted by Gasteiger charge is 2.51. The van der Waals surface area contributed by atoms with Crippen LogP contribution < -0.4 is 10.2 Å². The molecule has 1 saturated heterocycles. The maximum atomic E-state index is 14.9. The summed E-state index contributed by atoms with van der Waals surface area (Å²) in [5, 5.41) is 13.4. The number of hydrogen-bond donors (Lipinski definition) is 1. The second-order valence-electron chi connectivity index (χ2n) is 10.8. The summed E-state index contributed by atoms with van der Waals surface area (Å²) in [6, 6.07) is 7.29. The van der Waals surface area contributed by atoms with Crippen molar-refractivity contribution in [3.63, 3.8) is 0 Å². The van der Waals surface area contributed by atoms with E-state index in [1.54, 1.807) is 6.92 Å². The largest absolute Gasteiger partial charge is 0.381 e. The van der Waals surface area contributed by atoms with Crippen molar-refractivity contribution in [3.05, 3.63) is 58.5 Å². The summed E-state index contributed by atoms with van der Waals surface area (Å²) < 4.78 is 47.0. The third-order valence-electron chi connectivity index (χ3n) is 7.96. The van der Waals surface area contributed by atoms with Gasteiger partial charge in [-0.15, -0.1) is 5.10 Å². The maximum absolute atomic E-state index is 14.9. The number of rotatable bonds is 5. The van der Waals surface area contributed by atoms with Crippen molar-refractivity contribution >= 4 is 28.2 Å². The third kappa shape index (κ3) is 4.04. The predicted molar refractivity (Wildman–Crippen MR) is 137 cm³/mol. The second-order valence-corrected chi connectivity index (χ2v) is 10.8. The van der Waals surface area contributed by atoms with Crippen molar-refractivity contribution in [2.24, 2.45) is 0 Å². The lowest BCUT2D eigenvalue weighted by molar-refractivity contribution is -0.123. The van der Waals surface area contributed by atoms with Gasteiger partial charge in [0.1, 0.15) is 5.82 Å². The Morgan fingerprint density at radius 2 is 1.73 bits per heavy atom. The molecule has 1 amide bonds. The summed E-state index contributed by atoms with van der Waals surface area (Å²) >= 11 is 0. The summed E-state index contributed by atoms with van der Waals surface area (Å²) in [6.07, 6.45) is -1.46. The van der Waals surface area contributed by atoms with Crippen molar-refractivity contribution in [2.45, 2.75) is 70.9 Å². The molecule has 9 heteroatoms. The molecule has 0 aliphatic carbocycles. The summed E-state index contributed by atoms with van der Waals surface area (Å²) in [6.45, 7) is 10.7. The van der Waals surface area contributed by atoms with Crippen molar-refractivity contribution < 1.29 is 22.7 Å². The van der Waals surface area contributed by atoms with E-state index < -0.39 is 29.3 Å². The molecule has 1 N–H and O–H groups in total. The number of hydrogen-bond acceptors (Lipinski definition) is 5. The lowest BCUT2D eigenvalue weighted by Gasteiger charge is -2.42. The molecule has 0 bridgehead atoms. The lowest BCUT2D eigenvalue weighted by Crippen LogP contribution is -2.54. The van der Waals surface area contributed by atoms with E-state index in [-0.39, 0.29) is 17.0 Å². The molecule has 3 aromatic rings. The van der Waals surface area contributed by atoms with E-state index in [0.29, 0.717) is 24.7 Å².